The van der Waals surface area contributed by atoms with Crippen LogP contribution in [0, 0.1) is 20.8 Å². The molecule has 0 fully saturated rings. The Bertz CT molecular complexity index is 1900. The topological polar surface area (TPSA) is 141 Å². The molecule has 5 rings (SSSR count). The molecule has 2 atom stereocenters. The van der Waals surface area contributed by atoms with E-state index in [4.69, 9.17) is 14.7 Å². The molecule has 0 spiro atoms. The average Bonchev–Trinajstić information content (AvgIpc) is 3.71. The van der Waals surface area contributed by atoms with Crippen LogP contribution >= 0.6 is 0 Å². The van der Waals surface area contributed by atoms with E-state index in [2.05, 4.69) is 56.7 Å². The van der Waals surface area contributed by atoms with Crippen LogP contribution in [0.15, 0.2) is 18.2 Å². The van der Waals surface area contributed by atoms with Crippen LogP contribution in [0.4, 0.5) is 0 Å². The van der Waals surface area contributed by atoms with E-state index < -0.39 is 11.9 Å². The van der Waals surface area contributed by atoms with Gasteiger partial charge in [-0.3, -0.25) is 9.78 Å². The lowest BCUT2D eigenvalue weighted by atomic mass is 9.86. The standard InChI is InChI=1S/C38H48N4O5/c1-8-10-11-12-15-47-19-27-22(5)28-16-30-21(4)26(13-14-34(43)44)36(41-30)24(7)37-35(38(45)46)23(6)31(42-37)18-32-25(9-2)20(3)29(39-32)17-33(27)40-28/h16-18,21,26,40,42H,8-15,19H2,1-7H3,(H,43,44)(H,45,46)/t21-,26-/m0/s1. The van der Waals surface area contributed by atoms with E-state index in [1.807, 2.05) is 19.9 Å². The van der Waals surface area contributed by atoms with E-state index >= 15 is 0 Å². The van der Waals surface area contributed by atoms with Crippen molar-refractivity contribution in [2.75, 3.05) is 6.61 Å². The van der Waals surface area contributed by atoms with Gasteiger partial charge in [0.1, 0.15) is 0 Å². The van der Waals surface area contributed by atoms with E-state index in [0.717, 1.165) is 75.3 Å². The predicted molar refractivity (Wildman–Crippen MR) is 187 cm³/mol. The lowest BCUT2D eigenvalue weighted by Crippen LogP contribution is -2.07. The molecule has 0 saturated carbocycles. The van der Waals surface area contributed by atoms with E-state index in [-0.39, 0.29) is 23.8 Å². The molecule has 5 heterocycles. The molecule has 2 aliphatic heterocycles. The number of aromatic nitrogens is 4. The fraction of sp³-hybridized carbons (Fsp3) is 0.474. The van der Waals surface area contributed by atoms with E-state index in [1.54, 1.807) is 0 Å². The Morgan fingerprint density at radius 2 is 1.60 bits per heavy atom. The summed E-state index contributed by atoms with van der Waals surface area (Å²) in [5.41, 5.74) is 12.1. The lowest BCUT2D eigenvalue weighted by Gasteiger charge is -2.16. The summed E-state index contributed by atoms with van der Waals surface area (Å²) in [6.45, 7) is 15.4. The second-order valence-corrected chi connectivity index (χ2v) is 13.0. The van der Waals surface area contributed by atoms with Gasteiger partial charge in [-0.25, -0.2) is 9.78 Å². The molecule has 0 aromatic carbocycles. The SMILES string of the molecule is CCCCCCOCc1c(C)c2cc3nc(c(C)c4[nH]c(cc5nc(cc1[nH]2)C(C)=C5CC)c(C)c4C(=O)O)[C@@H](CCC(=O)O)[C@@H]3C. The van der Waals surface area contributed by atoms with Crippen LogP contribution in [0.3, 0.4) is 0 Å². The number of aliphatic carboxylic acids is 1. The van der Waals surface area contributed by atoms with Gasteiger partial charge in [-0.15, -0.1) is 0 Å². The second-order valence-electron chi connectivity index (χ2n) is 13.0. The minimum absolute atomic E-state index is 0.00649. The van der Waals surface area contributed by atoms with Crippen molar-refractivity contribution >= 4 is 45.2 Å². The highest BCUT2D eigenvalue weighted by Gasteiger charge is 2.32. The van der Waals surface area contributed by atoms with Crippen LogP contribution in [0.2, 0.25) is 0 Å². The first-order valence-electron chi connectivity index (χ1n) is 16.9. The van der Waals surface area contributed by atoms with Gasteiger partial charge >= 0.3 is 11.9 Å². The maximum atomic E-state index is 12.7. The highest BCUT2D eigenvalue weighted by molar-refractivity contribution is 6.02. The lowest BCUT2D eigenvalue weighted by molar-refractivity contribution is -0.137. The van der Waals surface area contributed by atoms with Crippen LogP contribution in [-0.2, 0) is 16.1 Å². The Kier molecular flexibility index (Phi) is 10.3. The van der Waals surface area contributed by atoms with Crippen LogP contribution in [-0.4, -0.2) is 48.7 Å². The number of carboxylic acids is 2. The van der Waals surface area contributed by atoms with Crippen molar-refractivity contribution in [2.24, 2.45) is 0 Å². The Balaban J connectivity index is 1.84. The summed E-state index contributed by atoms with van der Waals surface area (Å²) in [6.07, 6.45) is 5.73. The molecular formula is C38H48N4O5. The molecule has 9 heteroatoms. The number of rotatable bonds is 12. The Hall–Kier alpha value is -4.24. The number of ether oxygens (including phenoxy) is 1. The third kappa shape index (κ3) is 6.77. The first-order valence-corrected chi connectivity index (χ1v) is 16.9. The number of fused-ring (bicyclic) bond motifs is 8. The fourth-order valence-electron chi connectivity index (χ4n) is 7.09. The maximum Gasteiger partial charge on any atom is 0.338 e. The number of carboxylic acid groups (broad SMARTS) is 2. The summed E-state index contributed by atoms with van der Waals surface area (Å²) in [7, 11) is 0. The number of aromatic carboxylic acids is 1. The van der Waals surface area contributed by atoms with Crippen LogP contribution < -0.4 is 0 Å². The van der Waals surface area contributed by atoms with E-state index in [1.165, 1.54) is 12.8 Å². The predicted octanol–water partition coefficient (Wildman–Crippen LogP) is 9.13. The molecule has 8 bridgehead atoms. The smallest absolute Gasteiger partial charge is 0.338 e. The summed E-state index contributed by atoms with van der Waals surface area (Å²) in [4.78, 5) is 41.6. The number of hydrogen-bond acceptors (Lipinski definition) is 5. The largest absolute Gasteiger partial charge is 0.481 e. The van der Waals surface area contributed by atoms with Crippen molar-refractivity contribution in [1.29, 1.82) is 0 Å². The first-order chi connectivity index (χ1) is 22.5. The molecule has 9 nitrogen and oxygen atoms in total. The van der Waals surface area contributed by atoms with Crippen LogP contribution in [0.1, 0.15) is 140 Å². The summed E-state index contributed by atoms with van der Waals surface area (Å²) < 4.78 is 6.21. The highest BCUT2D eigenvalue weighted by Crippen LogP contribution is 2.42. The average molecular weight is 641 g/mol. The number of carbonyl (C=O) groups is 2. The number of aryl methyl sites for hydroxylation is 3. The molecular weight excluding hydrogens is 592 g/mol. The van der Waals surface area contributed by atoms with Crippen molar-refractivity contribution in [2.45, 2.75) is 112 Å². The maximum absolute atomic E-state index is 12.7. The van der Waals surface area contributed by atoms with Gasteiger partial charge in [-0.05, 0) is 93.0 Å². The molecule has 3 aromatic heterocycles. The van der Waals surface area contributed by atoms with Crippen LogP contribution in [0.25, 0.3) is 33.2 Å². The van der Waals surface area contributed by atoms with Gasteiger partial charge in [0.05, 0.1) is 29.1 Å². The molecule has 3 aromatic rings. The normalized spacial score (nSPS) is 16.2. The third-order valence-corrected chi connectivity index (χ3v) is 10.0. The number of aromatic amines is 2. The Labute approximate surface area is 276 Å². The van der Waals surface area contributed by atoms with Gasteiger partial charge in [-0.2, -0.15) is 0 Å². The minimum Gasteiger partial charge on any atom is -0.481 e. The van der Waals surface area contributed by atoms with Gasteiger partial charge in [0.2, 0.25) is 0 Å². The Morgan fingerprint density at radius 1 is 0.872 bits per heavy atom. The van der Waals surface area contributed by atoms with Crippen molar-refractivity contribution in [1.82, 2.24) is 19.9 Å². The molecule has 0 unspecified atom stereocenters. The van der Waals surface area contributed by atoms with E-state index in [0.29, 0.717) is 41.8 Å². The van der Waals surface area contributed by atoms with Gasteiger partial charge in [0.25, 0.3) is 0 Å². The van der Waals surface area contributed by atoms with Crippen LogP contribution in [0.5, 0.6) is 0 Å². The van der Waals surface area contributed by atoms with E-state index in [9.17, 15) is 19.8 Å². The number of hydrogen-bond donors (Lipinski definition) is 4. The third-order valence-electron chi connectivity index (χ3n) is 10.0. The summed E-state index contributed by atoms with van der Waals surface area (Å²) >= 11 is 0. The Morgan fingerprint density at radius 3 is 2.28 bits per heavy atom. The quantitative estimate of drug-likeness (QED) is 0.145. The monoisotopic (exact) mass is 640 g/mol. The molecule has 0 aliphatic carbocycles. The molecule has 0 radical (unpaired) electrons. The summed E-state index contributed by atoms with van der Waals surface area (Å²) in [5, 5.41) is 19.9. The van der Waals surface area contributed by atoms with Gasteiger partial charge in [-0.1, -0.05) is 40.0 Å². The molecule has 47 heavy (non-hydrogen) atoms. The van der Waals surface area contributed by atoms with Crippen molar-refractivity contribution in [3.63, 3.8) is 0 Å². The summed E-state index contributed by atoms with van der Waals surface area (Å²) in [5.74, 6) is -2.16. The number of nitrogens with one attached hydrogen (secondary N) is 2. The number of unbranched alkanes of at least 4 members (excludes halogenated alkanes) is 3. The zero-order valence-electron chi connectivity index (χ0n) is 28.8. The van der Waals surface area contributed by atoms with Gasteiger partial charge in [0.15, 0.2) is 0 Å². The second kappa shape index (κ2) is 14.3. The number of H-pyrrole nitrogens is 2. The van der Waals surface area contributed by atoms with Gasteiger partial charge < -0.3 is 24.9 Å². The fourth-order valence-corrected chi connectivity index (χ4v) is 7.09. The van der Waals surface area contributed by atoms with Crippen molar-refractivity contribution < 1.29 is 24.5 Å². The molecule has 0 saturated heterocycles. The molecule has 0 amide bonds. The zero-order chi connectivity index (χ0) is 34.0. The molecule has 250 valence electrons. The number of nitrogens with zero attached hydrogens (tertiary/aromatic N) is 2. The van der Waals surface area contributed by atoms with Gasteiger partial charge in [0, 0.05) is 58.4 Å². The number of allylic oxidation sites excluding steroid dienone is 2. The molecule has 2 aliphatic rings. The zero-order valence-corrected chi connectivity index (χ0v) is 28.8. The van der Waals surface area contributed by atoms with Crippen molar-refractivity contribution in [3.05, 3.63) is 68.8 Å². The minimum atomic E-state index is -1.03. The van der Waals surface area contributed by atoms with Crippen molar-refractivity contribution in [3.8, 4) is 0 Å². The highest BCUT2D eigenvalue weighted by atomic mass is 16.5. The summed E-state index contributed by atoms with van der Waals surface area (Å²) in [6, 6.07) is 6.11. The first kappa shape index (κ1) is 34.1. The molecule has 4 N–H and O–H groups in total.